The van der Waals surface area contributed by atoms with E-state index in [0.29, 0.717) is 22.4 Å². The van der Waals surface area contributed by atoms with E-state index < -0.39 is 5.97 Å². The number of carbonyl (C=O) groups excluding carboxylic acids is 1. The number of rotatable bonds is 3. The van der Waals surface area contributed by atoms with E-state index in [0.717, 1.165) is 28.6 Å². The van der Waals surface area contributed by atoms with E-state index in [1.807, 2.05) is 30.3 Å². The fourth-order valence-corrected chi connectivity index (χ4v) is 3.61. The molecule has 2 aromatic carbocycles. The maximum atomic E-state index is 12.2. The summed E-state index contributed by atoms with van der Waals surface area (Å²) in [5.41, 5.74) is 1.94. The van der Waals surface area contributed by atoms with Gasteiger partial charge in [-0.15, -0.1) is 0 Å². The summed E-state index contributed by atoms with van der Waals surface area (Å²) in [5, 5.41) is 21.7. The Kier molecular flexibility index (Phi) is 4.62. The van der Waals surface area contributed by atoms with Crippen LogP contribution in [0, 0.1) is 0 Å². The third-order valence-corrected chi connectivity index (χ3v) is 4.97. The van der Waals surface area contributed by atoms with Gasteiger partial charge < -0.3 is 20.3 Å². The molecule has 0 atom stereocenters. The number of hydrogen-bond acceptors (Lipinski definition) is 6. The highest BCUT2D eigenvalue weighted by molar-refractivity contribution is 8.18. The van der Waals surface area contributed by atoms with Crippen LogP contribution in [0.5, 0.6) is 11.5 Å². The van der Waals surface area contributed by atoms with Gasteiger partial charge in [-0.2, -0.15) is 0 Å². The molecule has 0 radical (unpaired) electrons. The van der Waals surface area contributed by atoms with Crippen LogP contribution in [0.3, 0.4) is 0 Å². The van der Waals surface area contributed by atoms with Crippen LogP contribution >= 0.6 is 11.8 Å². The van der Waals surface area contributed by atoms with Crippen molar-refractivity contribution in [1.82, 2.24) is 5.32 Å². The van der Waals surface area contributed by atoms with Gasteiger partial charge in [0.15, 0.2) is 5.17 Å². The molecule has 7 nitrogen and oxygen atoms in total. The van der Waals surface area contributed by atoms with Gasteiger partial charge in [-0.3, -0.25) is 4.79 Å². The highest BCUT2D eigenvalue weighted by Gasteiger charge is 2.25. The molecule has 8 heteroatoms. The lowest BCUT2D eigenvalue weighted by atomic mass is 10.1. The first kappa shape index (κ1) is 17.9. The molecule has 1 amide bonds. The second-order valence-corrected chi connectivity index (χ2v) is 7.06. The molecule has 0 aromatic heterocycles. The number of hydrogen-bond donors (Lipinski definition) is 3. The van der Waals surface area contributed by atoms with Crippen molar-refractivity contribution in [2.75, 3.05) is 6.61 Å². The lowest BCUT2D eigenvalue weighted by Crippen LogP contribution is -2.19. The minimum Gasteiger partial charge on any atom is -0.507 e. The Labute approximate surface area is 164 Å². The van der Waals surface area contributed by atoms with Crippen LogP contribution in [0.1, 0.15) is 15.9 Å². The third kappa shape index (κ3) is 3.63. The molecule has 1 saturated heterocycles. The molecule has 0 spiro atoms. The second kappa shape index (κ2) is 7.24. The number of nitrogens with one attached hydrogen (secondary N) is 1. The fourth-order valence-electron chi connectivity index (χ4n) is 2.75. The number of phenols is 1. The van der Waals surface area contributed by atoms with Gasteiger partial charge in [-0.05, 0) is 47.7 Å². The van der Waals surface area contributed by atoms with Crippen molar-refractivity contribution in [1.29, 1.82) is 0 Å². The number of aromatic hydroxyl groups is 1. The highest BCUT2D eigenvalue weighted by Crippen LogP contribution is 2.32. The van der Waals surface area contributed by atoms with E-state index in [2.05, 4.69) is 10.3 Å². The summed E-state index contributed by atoms with van der Waals surface area (Å²) in [7, 11) is 0. The molecule has 0 bridgehead atoms. The van der Waals surface area contributed by atoms with Crippen molar-refractivity contribution in [2.45, 2.75) is 0 Å². The van der Waals surface area contributed by atoms with Crippen LogP contribution in [-0.4, -0.2) is 33.9 Å². The zero-order valence-electron chi connectivity index (χ0n) is 14.4. The smallest absolute Gasteiger partial charge is 0.339 e. The van der Waals surface area contributed by atoms with Crippen LogP contribution in [0.25, 0.3) is 6.08 Å². The molecule has 0 aliphatic carbocycles. The van der Waals surface area contributed by atoms with E-state index in [4.69, 9.17) is 9.84 Å². The predicted octanol–water partition coefficient (Wildman–Crippen LogP) is 3.30. The number of amidine groups is 1. The average Bonchev–Trinajstić information content (AvgIpc) is 3.00. The van der Waals surface area contributed by atoms with E-state index in [1.165, 1.54) is 18.2 Å². The lowest BCUT2D eigenvalue weighted by molar-refractivity contribution is -0.115. The van der Waals surface area contributed by atoms with Crippen LogP contribution < -0.4 is 10.1 Å². The Morgan fingerprint density at radius 3 is 2.86 bits per heavy atom. The Morgan fingerprint density at radius 2 is 2.07 bits per heavy atom. The quantitative estimate of drug-likeness (QED) is 0.690. The molecule has 140 valence electrons. The Morgan fingerprint density at radius 1 is 1.25 bits per heavy atom. The molecular weight excluding hydrogens is 380 g/mol. The molecular formula is C20H14N2O5S. The Balaban J connectivity index is 1.55. The molecule has 4 rings (SSSR count). The number of carboxylic acids is 1. The summed E-state index contributed by atoms with van der Waals surface area (Å²) < 4.78 is 5.69. The summed E-state index contributed by atoms with van der Waals surface area (Å²) in [4.78, 5) is 27.9. The summed E-state index contributed by atoms with van der Waals surface area (Å²) in [6.07, 6.45) is 3.72. The first-order valence-corrected chi connectivity index (χ1v) is 9.09. The number of benzene rings is 2. The van der Waals surface area contributed by atoms with Crippen LogP contribution in [-0.2, 0) is 4.79 Å². The van der Waals surface area contributed by atoms with E-state index in [1.54, 1.807) is 6.08 Å². The van der Waals surface area contributed by atoms with E-state index in [9.17, 15) is 14.7 Å². The molecule has 0 unspecified atom stereocenters. The van der Waals surface area contributed by atoms with Crippen molar-refractivity contribution in [2.24, 2.45) is 4.99 Å². The van der Waals surface area contributed by atoms with Crippen molar-refractivity contribution < 1.29 is 24.5 Å². The molecule has 0 saturated carbocycles. The summed E-state index contributed by atoms with van der Waals surface area (Å²) in [6, 6.07) is 11.6. The Hall–Kier alpha value is -3.52. The number of fused-ring (bicyclic) bond motifs is 1. The van der Waals surface area contributed by atoms with Gasteiger partial charge in [0.05, 0.1) is 10.6 Å². The summed E-state index contributed by atoms with van der Waals surface area (Å²) >= 11 is 1.16. The normalized spacial score (nSPS) is 18.4. The number of ether oxygens (including phenoxy) is 1. The third-order valence-electron chi connectivity index (χ3n) is 4.06. The van der Waals surface area contributed by atoms with Crippen LogP contribution in [0.2, 0.25) is 0 Å². The monoisotopic (exact) mass is 394 g/mol. The maximum Gasteiger partial charge on any atom is 0.339 e. The SMILES string of the molecule is O=C1NC(=Nc2ccc(C(=O)O)c(O)c2)S/C1=C\C1=Cc2ccccc2OC1. The number of carbonyl (C=O) groups is 2. The van der Waals surface area contributed by atoms with E-state index >= 15 is 0 Å². The van der Waals surface area contributed by atoms with Gasteiger partial charge in [0.25, 0.3) is 5.91 Å². The molecule has 3 N–H and O–H groups in total. The van der Waals surface area contributed by atoms with Crippen molar-refractivity contribution >= 4 is 40.6 Å². The fraction of sp³-hybridized carbons (Fsp3) is 0.0500. The number of nitrogens with zero attached hydrogens (tertiary/aromatic N) is 1. The van der Waals surface area contributed by atoms with Crippen LogP contribution in [0.4, 0.5) is 5.69 Å². The van der Waals surface area contributed by atoms with Crippen molar-refractivity contribution in [3.05, 3.63) is 70.1 Å². The Bertz CT molecular complexity index is 1090. The molecule has 28 heavy (non-hydrogen) atoms. The van der Waals surface area contributed by atoms with Gasteiger partial charge in [0.2, 0.25) is 0 Å². The van der Waals surface area contributed by atoms with Crippen LogP contribution in [0.15, 0.2) is 64.0 Å². The number of para-hydroxylation sites is 1. The summed E-state index contributed by atoms with van der Waals surface area (Å²) in [6.45, 7) is 0.366. The van der Waals surface area contributed by atoms with Gasteiger partial charge in [0.1, 0.15) is 23.7 Å². The topological polar surface area (TPSA) is 108 Å². The lowest BCUT2D eigenvalue weighted by Gasteiger charge is -2.15. The minimum absolute atomic E-state index is 0.211. The first-order valence-electron chi connectivity index (χ1n) is 8.28. The minimum atomic E-state index is -1.23. The number of aromatic carboxylic acids is 1. The first-order chi connectivity index (χ1) is 13.5. The molecule has 2 aliphatic rings. The summed E-state index contributed by atoms with van der Waals surface area (Å²) in [5.74, 6) is -1.09. The number of carboxylic acid groups (broad SMARTS) is 1. The maximum absolute atomic E-state index is 12.2. The predicted molar refractivity (Wildman–Crippen MR) is 106 cm³/mol. The highest BCUT2D eigenvalue weighted by atomic mass is 32.2. The second-order valence-electron chi connectivity index (χ2n) is 6.03. The number of aliphatic imine (C=N–C) groups is 1. The van der Waals surface area contributed by atoms with E-state index in [-0.39, 0.29) is 17.2 Å². The molecule has 1 fully saturated rings. The molecule has 2 heterocycles. The zero-order chi connectivity index (χ0) is 19.7. The van der Waals surface area contributed by atoms with Gasteiger partial charge in [-0.1, -0.05) is 18.2 Å². The number of amides is 1. The molecule has 2 aromatic rings. The zero-order valence-corrected chi connectivity index (χ0v) is 15.2. The standard InChI is InChI=1S/C20H14N2O5S/c23-15-9-13(5-6-14(15)19(25)26)21-20-22-18(24)17(28-20)8-11-7-12-3-1-2-4-16(12)27-10-11/h1-9,23H,10H2,(H,25,26)(H,21,22,24)/b17-8-. The van der Waals surface area contributed by atoms with Gasteiger partial charge >= 0.3 is 5.97 Å². The van der Waals surface area contributed by atoms with Crippen molar-refractivity contribution in [3.8, 4) is 11.5 Å². The largest absolute Gasteiger partial charge is 0.507 e. The van der Waals surface area contributed by atoms with Gasteiger partial charge in [0, 0.05) is 11.6 Å². The van der Waals surface area contributed by atoms with Crippen molar-refractivity contribution in [3.63, 3.8) is 0 Å². The van der Waals surface area contributed by atoms with Gasteiger partial charge in [-0.25, -0.2) is 9.79 Å². The molecule has 2 aliphatic heterocycles. The number of thioether (sulfide) groups is 1. The average molecular weight is 394 g/mol.